The third-order valence-electron chi connectivity index (χ3n) is 5.46. The number of alkyl halides is 5. The summed E-state index contributed by atoms with van der Waals surface area (Å²) >= 11 is 13.3. The van der Waals surface area contributed by atoms with Gasteiger partial charge in [-0.2, -0.15) is 13.2 Å². The highest BCUT2D eigenvalue weighted by Gasteiger charge is 2.41. The maximum Gasteiger partial charge on any atom is 0.408 e. The zero-order valence-corrected chi connectivity index (χ0v) is 18.0. The van der Waals surface area contributed by atoms with Crippen molar-refractivity contribution in [3.05, 3.63) is 53.1 Å². The minimum absolute atomic E-state index is 0.159. The van der Waals surface area contributed by atoms with Crippen LogP contribution in [0.4, 0.5) is 18.9 Å². The summed E-state index contributed by atoms with van der Waals surface area (Å²) in [4.78, 5) is 2.12. The van der Waals surface area contributed by atoms with Gasteiger partial charge >= 0.3 is 6.18 Å². The smallest absolute Gasteiger partial charge is 0.374 e. The molecule has 0 aromatic heterocycles. The van der Waals surface area contributed by atoms with Crippen LogP contribution in [0.5, 0.6) is 0 Å². The van der Waals surface area contributed by atoms with Crippen LogP contribution in [0.3, 0.4) is 0 Å². The summed E-state index contributed by atoms with van der Waals surface area (Å²) < 4.78 is 37.1. The number of rotatable bonds is 5. The highest BCUT2D eigenvalue weighted by atomic mass is 35.5. The fourth-order valence-electron chi connectivity index (χ4n) is 3.91. The number of hydrogen-bond acceptors (Lipinski definition) is 3. The Bertz CT molecular complexity index is 772. The standard InChI is InChI=1S/C21H26Cl2F3N3/c1-14(21(24,25)26)28-17-5-3-15(4-6-17)13-29(2)19-18-9-12-27-11-8-16(18)7-10-20(19,22)23/h3-7,10,14,19,27-28H,8-9,11-13H2,1-2H3/t14?,19-/m1/s1. The molecule has 160 valence electrons. The molecule has 2 atom stereocenters. The summed E-state index contributed by atoms with van der Waals surface area (Å²) in [7, 11) is 1.98. The van der Waals surface area contributed by atoms with Crippen molar-refractivity contribution >= 4 is 28.9 Å². The number of anilines is 1. The van der Waals surface area contributed by atoms with Crippen molar-refractivity contribution in [2.45, 2.75) is 48.9 Å². The Balaban J connectivity index is 1.72. The molecule has 3 nitrogen and oxygen atoms in total. The number of allylic oxidation sites excluding steroid dienone is 1. The molecule has 8 heteroatoms. The Morgan fingerprint density at radius 1 is 1.21 bits per heavy atom. The van der Waals surface area contributed by atoms with Crippen LogP contribution in [0.2, 0.25) is 0 Å². The zero-order chi connectivity index (χ0) is 21.2. The Morgan fingerprint density at radius 2 is 1.86 bits per heavy atom. The van der Waals surface area contributed by atoms with Crippen molar-refractivity contribution < 1.29 is 13.2 Å². The molecule has 2 N–H and O–H groups in total. The number of likely N-dealkylation sites (N-methyl/N-ethyl adjacent to an activating group) is 1. The fourth-order valence-corrected chi connectivity index (χ4v) is 4.63. The van der Waals surface area contributed by atoms with Crippen LogP contribution in [-0.2, 0) is 6.54 Å². The maximum atomic E-state index is 12.7. The second-order valence-electron chi connectivity index (χ2n) is 7.73. The van der Waals surface area contributed by atoms with E-state index in [1.165, 1.54) is 11.1 Å². The molecule has 0 saturated heterocycles. The molecule has 0 radical (unpaired) electrons. The highest BCUT2D eigenvalue weighted by Crippen LogP contribution is 2.42. The minimum Gasteiger partial charge on any atom is -0.374 e. The second-order valence-corrected chi connectivity index (χ2v) is 9.17. The van der Waals surface area contributed by atoms with Gasteiger partial charge in [-0.05, 0) is 74.8 Å². The van der Waals surface area contributed by atoms with Crippen LogP contribution in [0.1, 0.15) is 25.3 Å². The van der Waals surface area contributed by atoms with E-state index in [-0.39, 0.29) is 6.04 Å². The molecule has 29 heavy (non-hydrogen) atoms. The van der Waals surface area contributed by atoms with Gasteiger partial charge in [0.1, 0.15) is 6.04 Å². The summed E-state index contributed by atoms with van der Waals surface area (Å²) in [5.74, 6) is 0. The van der Waals surface area contributed by atoms with Crippen LogP contribution in [0.15, 0.2) is 47.6 Å². The van der Waals surface area contributed by atoms with E-state index in [2.05, 4.69) is 15.5 Å². The Hall–Kier alpha value is -1.21. The van der Waals surface area contributed by atoms with Crippen LogP contribution < -0.4 is 10.6 Å². The summed E-state index contributed by atoms with van der Waals surface area (Å²) in [6, 6.07) is 5.23. The lowest BCUT2D eigenvalue weighted by Crippen LogP contribution is -2.46. The predicted molar refractivity (Wildman–Crippen MR) is 114 cm³/mol. The molecular formula is C21H26Cl2F3N3. The van der Waals surface area contributed by atoms with E-state index >= 15 is 0 Å². The fraction of sp³-hybridized carbons (Fsp3) is 0.524. The average Bonchev–Trinajstić information content (AvgIpc) is 2.87. The quantitative estimate of drug-likeness (QED) is 0.601. The van der Waals surface area contributed by atoms with Gasteiger partial charge < -0.3 is 10.6 Å². The SMILES string of the molecule is CC(Nc1ccc(CN(C)[C@@H]2C3=C(C=CC2(Cl)Cl)CCNCC3)cc1)C(F)(F)F. The van der Waals surface area contributed by atoms with Gasteiger partial charge in [0.2, 0.25) is 0 Å². The Kier molecular flexibility index (Phi) is 6.88. The van der Waals surface area contributed by atoms with Gasteiger partial charge in [-0.3, -0.25) is 4.90 Å². The topological polar surface area (TPSA) is 27.3 Å². The first-order valence-corrected chi connectivity index (χ1v) is 10.5. The van der Waals surface area contributed by atoms with E-state index in [1.807, 2.05) is 31.3 Å². The van der Waals surface area contributed by atoms with E-state index in [0.29, 0.717) is 12.2 Å². The first-order valence-electron chi connectivity index (χ1n) is 9.70. The van der Waals surface area contributed by atoms with E-state index < -0.39 is 16.6 Å². The summed E-state index contributed by atoms with van der Waals surface area (Å²) in [5, 5.41) is 5.88. The van der Waals surface area contributed by atoms with Gasteiger partial charge in [0, 0.05) is 12.2 Å². The van der Waals surface area contributed by atoms with Crippen LogP contribution in [-0.4, -0.2) is 47.6 Å². The summed E-state index contributed by atoms with van der Waals surface area (Å²) in [6.07, 6.45) is 1.43. The summed E-state index contributed by atoms with van der Waals surface area (Å²) in [6.45, 7) is 3.51. The first kappa shape index (κ1) is 22.5. The molecule has 3 rings (SSSR count). The van der Waals surface area contributed by atoms with E-state index in [1.54, 1.807) is 12.1 Å². The molecule has 0 amide bonds. The lowest BCUT2D eigenvalue weighted by molar-refractivity contribution is -0.138. The molecular weight excluding hydrogens is 422 g/mol. The molecule has 2 aliphatic rings. The molecule has 1 aliphatic carbocycles. The molecule has 1 aromatic carbocycles. The van der Waals surface area contributed by atoms with E-state index in [9.17, 15) is 13.2 Å². The minimum atomic E-state index is -4.28. The lowest BCUT2D eigenvalue weighted by Gasteiger charge is -2.40. The highest BCUT2D eigenvalue weighted by molar-refractivity contribution is 6.50. The maximum absolute atomic E-state index is 12.7. The molecule has 1 unspecified atom stereocenters. The predicted octanol–water partition coefficient (Wildman–Crippen LogP) is 5.27. The first-order chi connectivity index (χ1) is 13.6. The van der Waals surface area contributed by atoms with Crippen molar-refractivity contribution in [3.8, 4) is 0 Å². The number of nitrogens with zero attached hydrogens (tertiary/aromatic N) is 1. The molecule has 0 spiro atoms. The number of benzene rings is 1. The average molecular weight is 448 g/mol. The molecule has 1 heterocycles. The molecule has 0 fully saturated rings. The van der Waals surface area contributed by atoms with Gasteiger partial charge in [0.05, 0.1) is 6.04 Å². The normalized spacial score (nSPS) is 23.0. The van der Waals surface area contributed by atoms with E-state index in [4.69, 9.17) is 23.2 Å². The zero-order valence-electron chi connectivity index (χ0n) is 16.5. The van der Waals surface area contributed by atoms with Crippen LogP contribution in [0.25, 0.3) is 0 Å². The van der Waals surface area contributed by atoms with E-state index in [0.717, 1.165) is 38.4 Å². The Morgan fingerprint density at radius 3 is 2.52 bits per heavy atom. The number of nitrogens with one attached hydrogen (secondary N) is 2. The molecule has 0 saturated carbocycles. The van der Waals surface area contributed by atoms with Gasteiger partial charge in [0.25, 0.3) is 0 Å². The van der Waals surface area contributed by atoms with Gasteiger partial charge in [-0.15, -0.1) is 0 Å². The van der Waals surface area contributed by atoms with Gasteiger partial charge in [-0.25, -0.2) is 0 Å². The third kappa shape index (κ3) is 5.48. The van der Waals surface area contributed by atoms with Crippen LogP contribution in [0, 0.1) is 0 Å². The lowest BCUT2D eigenvalue weighted by atomic mass is 9.88. The summed E-state index contributed by atoms with van der Waals surface area (Å²) in [5.41, 5.74) is 3.95. The van der Waals surface area contributed by atoms with Crippen molar-refractivity contribution in [3.63, 3.8) is 0 Å². The van der Waals surface area contributed by atoms with Gasteiger partial charge in [-0.1, -0.05) is 41.4 Å². The Labute approximate surface area is 179 Å². The van der Waals surface area contributed by atoms with Crippen molar-refractivity contribution in [2.24, 2.45) is 0 Å². The third-order valence-corrected chi connectivity index (χ3v) is 6.12. The monoisotopic (exact) mass is 447 g/mol. The molecule has 0 bridgehead atoms. The number of hydrogen-bond donors (Lipinski definition) is 2. The van der Waals surface area contributed by atoms with Crippen molar-refractivity contribution in [1.82, 2.24) is 10.2 Å². The van der Waals surface area contributed by atoms with Crippen molar-refractivity contribution in [2.75, 3.05) is 25.5 Å². The molecule has 1 aromatic rings. The van der Waals surface area contributed by atoms with Crippen LogP contribution >= 0.6 is 23.2 Å². The van der Waals surface area contributed by atoms with Gasteiger partial charge in [0.15, 0.2) is 4.33 Å². The largest absolute Gasteiger partial charge is 0.408 e. The second kappa shape index (κ2) is 8.88. The van der Waals surface area contributed by atoms with Crippen molar-refractivity contribution in [1.29, 1.82) is 0 Å². The molecule has 1 aliphatic heterocycles. The number of halogens is 5.